The van der Waals surface area contributed by atoms with Crippen molar-refractivity contribution in [3.63, 3.8) is 0 Å². The molecule has 0 amide bonds. The SMILES string of the molecule is C=CC(C)C/C=C(/C/C=C(\C)CCC=C(C)C)C(C)CCCC(C)C. The van der Waals surface area contributed by atoms with Crippen LogP contribution >= 0.6 is 0 Å². The van der Waals surface area contributed by atoms with Crippen molar-refractivity contribution < 1.29 is 0 Å². The second kappa shape index (κ2) is 14.2. The van der Waals surface area contributed by atoms with Crippen molar-refractivity contribution >= 4 is 0 Å². The molecule has 25 heavy (non-hydrogen) atoms. The average Bonchev–Trinajstić information content (AvgIpc) is 2.53. The van der Waals surface area contributed by atoms with Gasteiger partial charge in [-0.2, -0.15) is 0 Å². The van der Waals surface area contributed by atoms with Gasteiger partial charge in [-0.15, -0.1) is 6.58 Å². The molecule has 0 radical (unpaired) electrons. The van der Waals surface area contributed by atoms with E-state index in [2.05, 4.69) is 79.3 Å². The molecule has 0 aliphatic rings. The molecule has 0 saturated heterocycles. The van der Waals surface area contributed by atoms with Crippen LogP contribution in [0.2, 0.25) is 0 Å². The van der Waals surface area contributed by atoms with Crippen molar-refractivity contribution in [3.8, 4) is 0 Å². The minimum Gasteiger partial charge on any atom is -0.103 e. The zero-order valence-corrected chi connectivity index (χ0v) is 18.2. The average molecular weight is 345 g/mol. The fourth-order valence-electron chi connectivity index (χ4n) is 2.92. The Bertz CT molecular complexity index is 441. The van der Waals surface area contributed by atoms with E-state index in [1.807, 2.05) is 0 Å². The molecule has 0 heteroatoms. The van der Waals surface area contributed by atoms with Crippen LogP contribution in [0.1, 0.15) is 93.4 Å². The Kier molecular flexibility index (Phi) is 13.6. The van der Waals surface area contributed by atoms with Crippen molar-refractivity contribution in [2.24, 2.45) is 17.8 Å². The van der Waals surface area contributed by atoms with E-state index >= 15 is 0 Å². The Balaban J connectivity index is 4.76. The molecule has 2 unspecified atom stereocenters. The van der Waals surface area contributed by atoms with Gasteiger partial charge in [0.1, 0.15) is 0 Å². The molecule has 0 heterocycles. The standard InChI is InChI=1S/C25H44/c1-9-22(6)16-18-25(24(8)15-11-13-21(4)5)19-17-23(7)14-10-12-20(2)3/h9,12,17-18,21-22,24H,1,10-11,13-16,19H2,2-8H3/b23-17+,25-18-. The molecular formula is C25H44. The maximum absolute atomic E-state index is 3.93. The summed E-state index contributed by atoms with van der Waals surface area (Å²) < 4.78 is 0. The normalized spacial score (nSPS) is 15.2. The smallest absolute Gasteiger partial charge is 0.0134 e. The lowest BCUT2D eigenvalue weighted by Gasteiger charge is -2.17. The van der Waals surface area contributed by atoms with Crippen LogP contribution in [0.4, 0.5) is 0 Å². The summed E-state index contributed by atoms with van der Waals surface area (Å²) in [6.07, 6.45) is 18.0. The summed E-state index contributed by atoms with van der Waals surface area (Å²) in [7, 11) is 0. The highest BCUT2D eigenvalue weighted by Gasteiger charge is 2.09. The summed E-state index contributed by atoms with van der Waals surface area (Å²) in [5.41, 5.74) is 4.57. The molecule has 2 atom stereocenters. The Morgan fingerprint density at radius 1 is 0.920 bits per heavy atom. The molecular weight excluding hydrogens is 300 g/mol. The molecule has 0 aromatic heterocycles. The fraction of sp³-hybridized carbons (Fsp3) is 0.680. The van der Waals surface area contributed by atoms with E-state index in [4.69, 9.17) is 0 Å². The lowest BCUT2D eigenvalue weighted by atomic mass is 9.89. The molecule has 0 bridgehead atoms. The van der Waals surface area contributed by atoms with Gasteiger partial charge in [-0.05, 0) is 70.6 Å². The van der Waals surface area contributed by atoms with Gasteiger partial charge >= 0.3 is 0 Å². The second-order valence-electron chi connectivity index (χ2n) is 8.53. The molecule has 0 rings (SSSR count). The molecule has 0 aromatic rings. The summed E-state index contributed by atoms with van der Waals surface area (Å²) in [5.74, 6) is 2.08. The molecule has 144 valence electrons. The Morgan fingerprint density at radius 3 is 2.16 bits per heavy atom. The van der Waals surface area contributed by atoms with Gasteiger partial charge in [0.05, 0.1) is 0 Å². The minimum absolute atomic E-state index is 0.570. The van der Waals surface area contributed by atoms with Crippen molar-refractivity contribution in [1.29, 1.82) is 0 Å². The van der Waals surface area contributed by atoms with Gasteiger partial charge in [0.25, 0.3) is 0 Å². The number of allylic oxidation sites excluding steroid dienone is 7. The van der Waals surface area contributed by atoms with E-state index in [1.165, 1.54) is 43.3 Å². The summed E-state index contributed by atoms with van der Waals surface area (Å²) in [6.45, 7) is 19.9. The topological polar surface area (TPSA) is 0 Å². The molecule has 0 aliphatic heterocycles. The molecule has 0 nitrogen and oxygen atoms in total. The van der Waals surface area contributed by atoms with Gasteiger partial charge in [-0.3, -0.25) is 0 Å². The van der Waals surface area contributed by atoms with Crippen LogP contribution in [0.15, 0.2) is 47.6 Å². The molecule has 0 aromatic carbocycles. The third kappa shape index (κ3) is 13.9. The van der Waals surface area contributed by atoms with Crippen molar-refractivity contribution in [1.82, 2.24) is 0 Å². The molecule has 0 saturated carbocycles. The van der Waals surface area contributed by atoms with Crippen LogP contribution in [0.3, 0.4) is 0 Å². The maximum atomic E-state index is 3.93. The Labute approximate surface area is 159 Å². The number of hydrogen-bond acceptors (Lipinski definition) is 0. The van der Waals surface area contributed by atoms with E-state index in [0.717, 1.165) is 18.8 Å². The Hall–Kier alpha value is -1.04. The van der Waals surface area contributed by atoms with Gasteiger partial charge < -0.3 is 0 Å². The Morgan fingerprint density at radius 2 is 1.60 bits per heavy atom. The van der Waals surface area contributed by atoms with Crippen LogP contribution in [0.5, 0.6) is 0 Å². The monoisotopic (exact) mass is 344 g/mol. The van der Waals surface area contributed by atoms with Crippen LogP contribution in [0, 0.1) is 17.8 Å². The lowest BCUT2D eigenvalue weighted by molar-refractivity contribution is 0.487. The zero-order valence-electron chi connectivity index (χ0n) is 18.2. The van der Waals surface area contributed by atoms with E-state index in [0.29, 0.717) is 11.8 Å². The fourth-order valence-corrected chi connectivity index (χ4v) is 2.92. The predicted molar refractivity (Wildman–Crippen MR) is 117 cm³/mol. The quantitative estimate of drug-likeness (QED) is 0.293. The zero-order chi connectivity index (χ0) is 19.2. The van der Waals surface area contributed by atoms with Crippen LogP contribution in [-0.2, 0) is 0 Å². The van der Waals surface area contributed by atoms with Crippen LogP contribution in [0.25, 0.3) is 0 Å². The van der Waals surface area contributed by atoms with E-state index in [-0.39, 0.29) is 0 Å². The van der Waals surface area contributed by atoms with E-state index in [1.54, 1.807) is 5.57 Å². The molecule has 0 spiro atoms. The van der Waals surface area contributed by atoms with Crippen LogP contribution in [-0.4, -0.2) is 0 Å². The third-order valence-corrected chi connectivity index (χ3v) is 4.98. The summed E-state index contributed by atoms with van der Waals surface area (Å²) in [4.78, 5) is 0. The van der Waals surface area contributed by atoms with E-state index < -0.39 is 0 Å². The minimum atomic E-state index is 0.570. The van der Waals surface area contributed by atoms with Gasteiger partial charge in [0.2, 0.25) is 0 Å². The number of hydrogen-bond donors (Lipinski definition) is 0. The molecule has 0 fully saturated rings. The first-order valence-electron chi connectivity index (χ1n) is 10.4. The number of rotatable bonds is 13. The third-order valence-electron chi connectivity index (χ3n) is 4.98. The van der Waals surface area contributed by atoms with Crippen LogP contribution < -0.4 is 0 Å². The van der Waals surface area contributed by atoms with Gasteiger partial charge in [0, 0.05) is 0 Å². The largest absolute Gasteiger partial charge is 0.103 e. The summed E-state index contributed by atoms with van der Waals surface area (Å²) in [6, 6.07) is 0. The highest BCUT2D eigenvalue weighted by atomic mass is 14.1. The maximum Gasteiger partial charge on any atom is -0.0134 e. The highest BCUT2D eigenvalue weighted by Crippen LogP contribution is 2.25. The van der Waals surface area contributed by atoms with Crippen molar-refractivity contribution in [2.75, 3.05) is 0 Å². The first kappa shape index (κ1) is 24.0. The molecule has 0 N–H and O–H groups in total. The molecule has 0 aliphatic carbocycles. The van der Waals surface area contributed by atoms with E-state index in [9.17, 15) is 0 Å². The summed E-state index contributed by atoms with van der Waals surface area (Å²) in [5, 5.41) is 0. The predicted octanol–water partition coefficient (Wildman–Crippen LogP) is 8.67. The van der Waals surface area contributed by atoms with Gasteiger partial charge in [-0.25, -0.2) is 0 Å². The lowest BCUT2D eigenvalue weighted by Crippen LogP contribution is -2.02. The second-order valence-corrected chi connectivity index (χ2v) is 8.53. The first-order valence-corrected chi connectivity index (χ1v) is 10.4. The highest BCUT2D eigenvalue weighted by molar-refractivity contribution is 5.14. The van der Waals surface area contributed by atoms with Crippen molar-refractivity contribution in [2.45, 2.75) is 93.4 Å². The first-order chi connectivity index (χ1) is 11.8. The van der Waals surface area contributed by atoms with Crippen molar-refractivity contribution in [3.05, 3.63) is 47.6 Å². The summed E-state index contributed by atoms with van der Waals surface area (Å²) >= 11 is 0. The van der Waals surface area contributed by atoms with Gasteiger partial charge in [0.15, 0.2) is 0 Å². The van der Waals surface area contributed by atoms with Gasteiger partial charge in [-0.1, -0.05) is 81.6 Å².